The first-order valence-electron chi connectivity index (χ1n) is 10.6. The third-order valence-corrected chi connectivity index (χ3v) is 7.48. The van der Waals surface area contributed by atoms with E-state index in [4.69, 9.17) is 9.47 Å². The lowest BCUT2D eigenvalue weighted by molar-refractivity contribution is -0.120. The highest BCUT2D eigenvalue weighted by atomic mass is 32.2. The predicted molar refractivity (Wildman–Crippen MR) is 128 cm³/mol. The molecule has 3 aromatic carbocycles. The van der Waals surface area contributed by atoms with E-state index in [0.29, 0.717) is 23.7 Å². The fourth-order valence-electron chi connectivity index (χ4n) is 3.79. The van der Waals surface area contributed by atoms with Gasteiger partial charge in [-0.3, -0.25) is 9.10 Å². The summed E-state index contributed by atoms with van der Waals surface area (Å²) in [6.45, 7) is 0.266. The van der Waals surface area contributed by atoms with E-state index >= 15 is 0 Å². The van der Waals surface area contributed by atoms with Crippen LogP contribution in [0.15, 0.2) is 77.7 Å². The van der Waals surface area contributed by atoms with Gasteiger partial charge < -0.3 is 14.4 Å². The smallest absolute Gasteiger partial charge is 0.264 e. The highest BCUT2D eigenvalue weighted by Gasteiger charge is 2.28. The molecule has 0 fully saturated rings. The molecule has 1 heterocycles. The third kappa shape index (κ3) is 4.80. The standard InChI is InChI=1S/C25H26N2O5S/c1-26(20-9-5-10-22(17-20)31-2)25(28)18-32-21-12-14-23(15-13-21)33(29,30)27-16-6-8-19-7-3-4-11-24(19)27/h3-5,7,9-15,17H,6,8,16,18H2,1-2H3. The van der Waals surface area contributed by atoms with Gasteiger partial charge in [0.05, 0.1) is 17.7 Å². The second-order valence-electron chi connectivity index (χ2n) is 7.72. The second kappa shape index (κ2) is 9.54. The van der Waals surface area contributed by atoms with E-state index in [1.807, 2.05) is 24.3 Å². The number of amides is 1. The lowest BCUT2D eigenvalue weighted by atomic mass is 10.0. The Balaban J connectivity index is 1.43. The molecule has 0 unspecified atom stereocenters. The molecule has 0 atom stereocenters. The zero-order valence-corrected chi connectivity index (χ0v) is 19.4. The summed E-state index contributed by atoms with van der Waals surface area (Å²) in [7, 11) is -0.462. The number of carbonyl (C=O) groups excluding carboxylic acids is 1. The molecule has 0 saturated carbocycles. The van der Waals surface area contributed by atoms with Crippen LogP contribution in [-0.4, -0.2) is 41.6 Å². The van der Waals surface area contributed by atoms with E-state index in [9.17, 15) is 13.2 Å². The largest absolute Gasteiger partial charge is 0.497 e. The van der Waals surface area contributed by atoms with Gasteiger partial charge >= 0.3 is 0 Å². The van der Waals surface area contributed by atoms with Crippen molar-refractivity contribution in [2.75, 3.05) is 36.5 Å². The van der Waals surface area contributed by atoms with Gasteiger partial charge in [0.15, 0.2) is 6.61 Å². The summed E-state index contributed by atoms with van der Waals surface area (Å²) < 4.78 is 38.7. The van der Waals surface area contributed by atoms with Gasteiger partial charge in [0.2, 0.25) is 0 Å². The number of fused-ring (bicyclic) bond motifs is 1. The zero-order chi connectivity index (χ0) is 23.4. The van der Waals surface area contributed by atoms with Crippen LogP contribution in [0.25, 0.3) is 0 Å². The number of benzene rings is 3. The van der Waals surface area contributed by atoms with Gasteiger partial charge in [-0.2, -0.15) is 0 Å². The Bertz CT molecular complexity index is 1240. The quantitative estimate of drug-likeness (QED) is 0.528. The number of para-hydroxylation sites is 1. The molecule has 0 N–H and O–H groups in total. The topological polar surface area (TPSA) is 76.1 Å². The lowest BCUT2D eigenvalue weighted by Crippen LogP contribution is -2.35. The van der Waals surface area contributed by atoms with Crippen molar-refractivity contribution in [3.63, 3.8) is 0 Å². The summed E-state index contributed by atoms with van der Waals surface area (Å²) in [5, 5.41) is 0. The Kier molecular flexibility index (Phi) is 6.55. The molecule has 3 aromatic rings. The van der Waals surface area contributed by atoms with Gasteiger partial charge in [0.25, 0.3) is 15.9 Å². The molecule has 0 radical (unpaired) electrons. The summed E-state index contributed by atoms with van der Waals surface area (Å²) >= 11 is 0. The molecular formula is C25H26N2O5S. The van der Waals surface area contributed by atoms with E-state index in [2.05, 4.69) is 0 Å². The van der Waals surface area contributed by atoms with E-state index in [0.717, 1.165) is 24.1 Å². The molecule has 1 aliphatic rings. The summed E-state index contributed by atoms with van der Waals surface area (Å²) in [6.07, 6.45) is 1.65. The van der Waals surface area contributed by atoms with Crippen LogP contribution in [0.1, 0.15) is 12.0 Å². The Morgan fingerprint density at radius 2 is 1.76 bits per heavy atom. The van der Waals surface area contributed by atoms with Crippen LogP contribution in [0.5, 0.6) is 11.5 Å². The van der Waals surface area contributed by atoms with E-state index in [-0.39, 0.29) is 17.4 Å². The van der Waals surface area contributed by atoms with Crippen LogP contribution < -0.4 is 18.7 Å². The normalized spacial score (nSPS) is 13.2. The molecule has 7 nitrogen and oxygen atoms in total. The summed E-state index contributed by atoms with van der Waals surface area (Å²) in [4.78, 5) is 14.2. The number of aryl methyl sites for hydroxylation is 1. The number of carbonyl (C=O) groups is 1. The van der Waals surface area contributed by atoms with Crippen LogP contribution >= 0.6 is 0 Å². The van der Waals surface area contributed by atoms with Crippen molar-refractivity contribution in [3.8, 4) is 11.5 Å². The number of likely N-dealkylation sites (N-methyl/N-ethyl adjacent to an activating group) is 1. The van der Waals surface area contributed by atoms with E-state index < -0.39 is 10.0 Å². The molecular weight excluding hydrogens is 440 g/mol. The minimum absolute atomic E-state index is 0.181. The van der Waals surface area contributed by atoms with Crippen molar-refractivity contribution < 1.29 is 22.7 Å². The average molecular weight is 467 g/mol. The SMILES string of the molecule is COc1cccc(N(C)C(=O)COc2ccc(S(=O)(=O)N3CCCc4ccccc43)cc2)c1. The molecule has 0 aliphatic carbocycles. The third-order valence-electron chi connectivity index (χ3n) is 5.66. The van der Waals surface area contributed by atoms with Crippen molar-refractivity contribution in [1.29, 1.82) is 0 Å². The van der Waals surface area contributed by atoms with Crippen molar-refractivity contribution in [3.05, 3.63) is 78.4 Å². The molecule has 172 valence electrons. The van der Waals surface area contributed by atoms with Gasteiger partial charge in [0, 0.05) is 25.3 Å². The molecule has 8 heteroatoms. The average Bonchev–Trinajstić information content (AvgIpc) is 2.86. The first-order valence-corrected chi connectivity index (χ1v) is 12.1. The van der Waals surface area contributed by atoms with E-state index in [1.54, 1.807) is 50.6 Å². The first kappa shape index (κ1) is 22.7. The molecule has 0 aromatic heterocycles. The molecule has 1 aliphatic heterocycles. The van der Waals surface area contributed by atoms with Crippen LogP contribution in [-0.2, 0) is 21.2 Å². The Morgan fingerprint density at radius 3 is 2.52 bits per heavy atom. The summed E-state index contributed by atoms with van der Waals surface area (Å²) in [6, 6.07) is 20.9. The van der Waals surface area contributed by atoms with Gasteiger partial charge in [-0.15, -0.1) is 0 Å². The van der Waals surface area contributed by atoms with Crippen LogP contribution in [0, 0.1) is 0 Å². The maximum atomic E-state index is 13.2. The first-order chi connectivity index (χ1) is 15.9. The van der Waals surface area contributed by atoms with Crippen LogP contribution in [0.4, 0.5) is 11.4 Å². The molecule has 0 saturated heterocycles. The van der Waals surface area contributed by atoms with Gasteiger partial charge in [-0.25, -0.2) is 8.42 Å². The van der Waals surface area contributed by atoms with Crippen LogP contribution in [0.3, 0.4) is 0 Å². The van der Waals surface area contributed by atoms with Crippen molar-refractivity contribution >= 4 is 27.3 Å². The molecule has 0 spiro atoms. The van der Waals surface area contributed by atoms with E-state index in [1.165, 1.54) is 21.3 Å². The monoisotopic (exact) mass is 466 g/mol. The minimum Gasteiger partial charge on any atom is -0.497 e. The highest BCUT2D eigenvalue weighted by Crippen LogP contribution is 2.32. The maximum absolute atomic E-state index is 13.2. The molecule has 4 rings (SSSR count). The number of rotatable bonds is 7. The Morgan fingerprint density at radius 1 is 1.00 bits per heavy atom. The predicted octanol–water partition coefficient (Wildman–Crippen LogP) is 3.88. The van der Waals surface area contributed by atoms with Crippen LogP contribution in [0.2, 0.25) is 0 Å². The lowest BCUT2D eigenvalue weighted by Gasteiger charge is -2.30. The molecule has 33 heavy (non-hydrogen) atoms. The number of nitrogens with zero attached hydrogens (tertiary/aromatic N) is 2. The van der Waals surface area contributed by atoms with Crippen molar-refractivity contribution in [1.82, 2.24) is 0 Å². The summed E-state index contributed by atoms with van der Waals surface area (Å²) in [5.74, 6) is 0.825. The highest BCUT2D eigenvalue weighted by molar-refractivity contribution is 7.92. The number of sulfonamides is 1. The van der Waals surface area contributed by atoms with Gasteiger partial charge in [-0.1, -0.05) is 24.3 Å². The molecule has 1 amide bonds. The fraction of sp³-hybridized carbons (Fsp3) is 0.240. The van der Waals surface area contributed by atoms with Crippen molar-refractivity contribution in [2.45, 2.75) is 17.7 Å². The Labute approximate surface area is 194 Å². The van der Waals surface area contributed by atoms with Gasteiger partial charge in [-0.05, 0) is 60.9 Å². The summed E-state index contributed by atoms with van der Waals surface area (Å²) in [5.41, 5.74) is 2.45. The zero-order valence-electron chi connectivity index (χ0n) is 18.6. The second-order valence-corrected chi connectivity index (χ2v) is 9.59. The number of ether oxygens (including phenoxy) is 2. The minimum atomic E-state index is -3.69. The number of hydrogen-bond acceptors (Lipinski definition) is 5. The maximum Gasteiger partial charge on any atom is 0.264 e. The fourth-order valence-corrected chi connectivity index (χ4v) is 5.33. The van der Waals surface area contributed by atoms with Gasteiger partial charge in [0.1, 0.15) is 11.5 Å². The number of anilines is 2. The number of hydrogen-bond donors (Lipinski definition) is 0. The Hall–Kier alpha value is -3.52. The molecule has 0 bridgehead atoms. The van der Waals surface area contributed by atoms with Crippen molar-refractivity contribution in [2.24, 2.45) is 0 Å². The number of methoxy groups -OCH3 is 1.